The Morgan fingerprint density at radius 1 is 0.765 bits per heavy atom. The SMILES string of the molecule is CP(=O)(OC(C=CC1CNC(=O)N1CCCC(F)(F)S)Cc1ccccc1)OC(C=CC1CNC(=O)N1CCCC(F)(F)S)Cc1ccccc1. The van der Waals surface area contributed by atoms with Crippen molar-refractivity contribution >= 4 is 44.9 Å². The molecule has 0 bridgehead atoms. The van der Waals surface area contributed by atoms with Crippen LogP contribution in [-0.4, -0.2) is 89.5 Å². The summed E-state index contributed by atoms with van der Waals surface area (Å²) in [7, 11) is -3.81. The third-order valence-electron chi connectivity index (χ3n) is 8.31. The molecule has 2 aromatic rings. The van der Waals surface area contributed by atoms with Crippen LogP contribution in [-0.2, 0) is 26.5 Å². The number of hydrogen-bond donors (Lipinski definition) is 4. The number of nitrogens with one attached hydrogen (secondary N) is 2. The average molecular weight is 773 g/mol. The van der Waals surface area contributed by atoms with Crippen LogP contribution in [0.2, 0.25) is 0 Å². The molecule has 2 aliphatic heterocycles. The van der Waals surface area contributed by atoms with Crippen LogP contribution in [0.1, 0.15) is 36.8 Å². The molecule has 4 unspecified atom stereocenters. The van der Waals surface area contributed by atoms with Crippen LogP contribution in [0.15, 0.2) is 85.0 Å². The molecule has 0 aromatic heterocycles. The number of carbonyl (C=O) groups excluding carboxylic acids is 2. The predicted molar refractivity (Wildman–Crippen MR) is 196 cm³/mol. The second-order valence-electron chi connectivity index (χ2n) is 12.6. The van der Waals surface area contributed by atoms with Crippen LogP contribution >= 0.6 is 32.9 Å². The summed E-state index contributed by atoms with van der Waals surface area (Å²) in [5.41, 5.74) is 1.80. The van der Waals surface area contributed by atoms with Gasteiger partial charge in [0.2, 0.25) is 0 Å². The van der Waals surface area contributed by atoms with E-state index >= 15 is 0 Å². The molecule has 2 aromatic carbocycles. The molecular formula is C35H45F4N4O5PS2. The van der Waals surface area contributed by atoms with Gasteiger partial charge in [0.05, 0.1) is 24.3 Å². The Balaban J connectivity index is 1.50. The predicted octanol–water partition coefficient (Wildman–Crippen LogP) is 7.57. The maximum atomic E-state index is 14.1. The summed E-state index contributed by atoms with van der Waals surface area (Å²) in [6, 6.07) is 17.2. The molecule has 4 amide bonds. The number of thiol groups is 2. The van der Waals surface area contributed by atoms with Crippen molar-refractivity contribution in [2.45, 2.75) is 73.3 Å². The molecule has 2 aliphatic rings. The first kappa shape index (κ1) is 40.8. The first-order valence-electron chi connectivity index (χ1n) is 16.7. The topological polar surface area (TPSA) is 100 Å². The van der Waals surface area contributed by atoms with Crippen molar-refractivity contribution in [2.75, 3.05) is 32.8 Å². The third kappa shape index (κ3) is 14.5. The maximum Gasteiger partial charge on any atom is 0.328 e. The Labute approximate surface area is 307 Å². The number of carbonyl (C=O) groups is 2. The number of hydrogen-bond acceptors (Lipinski definition) is 7. The maximum absolute atomic E-state index is 14.1. The van der Waals surface area contributed by atoms with Gasteiger partial charge in [-0.2, -0.15) is 17.6 Å². The van der Waals surface area contributed by atoms with E-state index in [-0.39, 0.29) is 51.1 Å². The van der Waals surface area contributed by atoms with Crippen molar-refractivity contribution < 1.29 is 40.8 Å². The summed E-state index contributed by atoms with van der Waals surface area (Å²) >= 11 is 6.55. The van der Waals surface area contributed by atoms with Crippen LogP contribution in [0, 0.1) is 0 Å². The fraction of sp³-hybridized carbons (Fsp3) is 0.486. The number of nitrogens with zero attached hydrogens (tertiary/aromatic N) is 2. The summed E-state index contributed by atoms with van der Waals surface area (Å²) in [6.45, 7) is 2.11. The molecule has 0 radical (unpaired) electrons. The Morgan fingerprint density at radius 3 is 1.49 bits per heavy atom. The van der Waals surface area contributed by atoms with Crippen molar-refractivity contribution in [1.82, 2.24) is 20.4 Å². The van der Waals surface area contributed by atoms with Gasteiger partial charge >= 0.3 is 19.7 Å². The van der Waals surface area contributed by atoms with E-state index in [2.05, 4.69) is 35.9 Å². The minimum Gasteiger partial charge on any atom is -0.336 e. The summed E-state index contributed by atoms with van der Waals surface area (Å²) in [5.74, 6) is 0. The van der Waals surface area contributed by atoms with Gasteiger partial charge in [0.25, 0.3) is 10.5 Å². The highest BCUT2D eigenvalue weighted by Gasteiger charge is 2.33. The van der Waals surface area contributed by atoms with E-state index in [0.29, 0.717) is 12.8 Å². The number of alkyl halides is 4. The number of rotatable bonds is 20. The van der Waals surface area contributed by atoms with Gasteiger partial charge in [-0.1, -0.05) is 85.0 Å². The van der Waals surface area contributed by atoms with E-state index in [1.165, 1.54) is 16.5 Å². The number of benzene rings is 2. The van der Waals surface area contributed by atoms with Gasteiger partial charge in [0.15, 0.2) is 0 Å². The van der Waals surface area contributed by atoms with Gasteiger partial charge in [-0.25, -0.2) is 9.59 Å². The molecule has 51 heavy (non-hydrogen) atoms. The zero-order chi connectivity index (χ0) is 37.1. The molecule has 0 saturated carbocycles. The van der Waals surface area contributed by atoms with E-state index in [1.54, 1.807) is 24.3 Å². The van der Waals surface area contributed by atoms with Gasteiger partial charge in [0, 0.05) is 58.5 Å². The van der Waals surface area contributed by atoms with E-state index < -0.39 is 55.2 Å². The minimum atomic E-state index is -3.81. The first-order chi connectivity index (χ1) is 24.1. The van der Waals surface area contributed by atoms with Gasteiger partial charge in [0.1, 0.15) is 0 Å². The van der Waals surface area contributed by atoms with Gasteiger partial charge < -0.3 is 29.5 Å². The Bertz CT molecular complexity index is 1420. The highest BCUT2D eigenvalue weighted by Crippen LogP contribution is 2.48. The third-order valence-corrected chi connectivity index (χ3v) is 10.1. The number of urea groups is 2. The lowest BCUT2D eigenvalue weighted by Gasteiger charge is -2.26. The van der Waals surface area contributed by atoms with Crippen molar-refractivity contribution in [1.29, 1.82) is 0 Å². The molecule has 280 valence electrons. The second kappa shape index (κ2) is 18.7. The largest absolute Gasteiger partial charge is 0.336 e. The van der Waals surface area contributed by atoms with Crippen molar-refractivity contribution in [2.24, 2.45) is 0 Å². The van der Waals surface area contributed by atoms with Crippen molar-refractivity contribution in [3.8, 4) is 0 Å². The number of halogens is 4. The van der Waals surface area contributed by atoms with E-state index in [9.17, 15) is 31.7 Å². The quantitative estimate of drug-likeness (QED) is 0.0482. The smallest absolute Gasteiger partial charge is 0.328 e. The highest BCUT2D eigenvalue weighted by atomic mass is 32.1. The highest BCUT2D eigenvalue weighted by molar-refractivity contribution is 7.81. The lowest BCUT2D eigenvalue weighted by atomic mass is 10.1. The second-order valence-corrected chi connectivity index (χ2v) is 15.9. The van der Waals surface area contributed by atoms with Crippen LogP contribution in [0.25, 0.3) is 0 Å². The fourth-order valence-electron chi connectivity index (χ4n) is 5.91. The lowest BCUT2D eigenvalue weighted by molar-refractivity contribution is 0.0915. The van der Waals surface area contributed by atoms with Crippen LogP contribution in [0.3, 0.4) is 0 Å². The monoisotopic (exact) mass is 772 g/mol. The normalized spacial score (nSPS) is 20.9. The Hall–Kier alpha value is -2.97. The summed E-state index contributed by atoms with van der Waals surface area (Å²) < 4.78 is 79.6. The fourth-order valence-corrected chi connectivity index (χ4v) is 7.55. The lowest BCUT2D eigenvalue weighted by Crippen LogP contribution is -2.34. The molecule has 4 atom stereocenters. The van der Waals surface area contributed by atoms with Crippen LogP contribution < -0.4 is 10.6 Å². The van der Waals surface area contributed by atoms with Crippen LogP contribution in [0.5, 0.6) is 0 Å². The molecule has 2 heterocycles. The molecule has 0 spiro atoms. The minimum absolute atomic E-state index is 0.0565. The zero-order valence-electron chi connectivity index (χ0n) is 28.3. The molecule has 2 N–H and O–H groups in total. The summed E-state index contributed by atoms with van der Waals surface area (Å²) in [4.78, 5) is 27.9. The standard InChI is InChI=1S/C35H45F4N4O5PS2/c1-49(46,47-30(22-26-10-4-2-5-11-26)16-14-28-24-40-32(44)42(28)20-8-18-34(36,37)50)48-31(23-27-12-6-3-7-13-27)17-15-29-25-41-33(45)43(29)21-9-19-35(38,39)51/h2-7,10-17,28-31,50-51H,8-9,18-25H2,1H3,(H,40,44)(H,41,45). The van der Waals surface area contributed by atoms with Gasteiger partial charge in [-0.15, -0.1) is 25.3 Å². The summed E-state index contributed by atoms with van der Waals surface area (Å²) in [6.07, 6.45) is 5.22. The molecular weight excluding hydrogens is 728 g/mol. The molecule has 9 nitrogen and oxygen atoms in total. The zero-order valence-corrected chi connectivity index (χ0v) is 30.9. The van der Waals surface area contributed by atoms with Crippen molar-refractivity contribution in [3.63, 3.8) is 0 Å². The van der Waals surface area contributed by atoms with E-state index in [0.717, 1.165) is 11.1 Å². The van der Waals surface area contributed by atoms with Crippen LogP contribution in [0.4, 0.5) is 27.2 Å². The molecule has 2 saturated heterocycles. The molecule has 4 rings (SSSR count). The Kier molecular flexibility index (Phi) is 14.9. The van der Waals surface area contributed by atoms with Crippen molar-refractivity contribution in [3.05, 3.63) is 96.1 Å². The first-order valence-corrected chi connectivity index (χ1v) is 19.6. The van der Waals surface area contributed by atoms with Gasteiger partial charge in [-0.3, -0.25) is 4.57 Å². The molecule has 2 fully saturated rings. The molecule has 0 aliphatic carbocycles. The van der Waals surface area contributed by atoms with E-state index in [1.807, 2.05) is 60.7 Å². The summed E-state index contributed by atoms with van der Waals surface area (Å²) in [5, 5.41) is -0.802. The van der Waals surface area contributed by atoms with E-state index in [4.69, 9.17) is 9.05 Å². The Morgan fingerprint density at radius 2 is 1.14 bits per heavy atom. The molecule has 16 heteroatoms. The number of amides is 4. The average Bonchev–Trinajstić information content (AvgIpc) is 3.58. The van der Waals surface area contributed by atoms with Gasteiger partial charge in [-0.05, 0) is 24.0 Å².